The number of halogens is 2. The van der Waals surface area contributed by atoms with Gasteiger partial charge in [-0.25, -0.2) is 4.98 Å². The molecule has 1 fully saturated rings. The highest BCUT2D eigenvalue weighted by Crippen LogP contribution is 2.23. The van der Waals surface area contributed by atoms with Gasteiger partial charge < -0.3 is 14.6 Å². The molecule has 8 heteroatoms. The number of imidazole rings is 1. The second kappa shape index (κ2) is 9.45. The van der Waals surface area contributed by atoms with E-state index in [-0.39, 0.29) is 11.7 Å². The molecule has 1 aromatic carbocycles. The molecule has 1 saturated heterocycles. The number of anilines is 1. The van der Waals surface area contributed by atoms with Crippen molar-refractivity contribution < 1.29 is 18.3 Å². The minimum Gasteiger partial charge on any atom is -0.435 e. The molecule has 1 aliphatic heterocycles. The molecular formula is C19H24F2N4O2. The number of aromatic nitrogens is 2. The van der Waals surface area contributed by atoms with E-state index in [1.165, 1.54) is 31.4 Å². The minimum absolute atomic E-state index is 0.0754. The second-order valence-electron chi connectivity index (χ2n) is 6.60. The van der Waals surface area contributed by atoms with Crippen molar-refractivity contribution in [2.75, 3.05) is 25.0 Å². The lowest BCUT2D eigenvalue weighted by molar-refractivity contribution is -0.116. The monoisotopic (exact) mass is 378 g/mol. The maximum atomic E-state index is 12.2. The molecule has 1 aliphatic rings. The van der Waals surface area contributed by atoms with E-state index in [1.807, 2.05) is 0 Å². The van der Waals surface area contributed by atoms with Crippen LogP contribution in [0.1, 0.15) is 32.1 Å². The Morgan fingerprint density at radius 2 is 1.96 bits per heavy atom. The van der Waals surface area contributed by atoms with Crippen LogP contribution in [0.15, 0.2) is 30.5 Å². The summed E-state index contributed by atoms with van der Waals surface area (Å²) in [4.78, 5) is 21.6. The average molecular weight is 378 g/mol. The Kier molecular flexibility index (Phi) is 6.75. The summed E-state index contributed by atoms with van der Waals surface area (Å²) in [5, 5.41) is 2.76. The first-order valence-electron chi connectivity index (χ1n) is 9.22. The number of hydrogen-bond donors (Lipinski definition) is 2. The van der Waals surface area contributed by atoms with Gasteiger partial charge in [0.05, 0.1) is 11.9 Å². The summed E-state index contributed by atoms with van der Waals surface area (Å²) in [5.74, 6) is 0.393. The van der Waals surface area contributed by atoms with E-state index in [4.69, 9.17) is 0 Å². The summed E-state index contributed by atoms with van der Waals surface area (Å²) in [6.07, 6.45) is 6.66. The lowest BCUT2D eigenvalue weighted by atomic mass is 10.1. The summed E-state index contributed by atoms with van der Waals surface area (Å²) >= 11 is 0. The van der Waals surface area contributed by atoms with Crippen molar-refractivity contribution in [1.29, 1.82) is 0 Å². The number of likely N-dealkylation sites (tertiary alicyclic amines) is 1. The summed E-state index contributed by atoms with van der Waals surface area (Å²) in [7, 11) is 0. The number of H-pyrrole nitrogens is 1. The van der Waals surface area contributed by atoms with Crippen LogP contribution in [0.3, 0.4) is 0 Å². The molecule has 0 bridgehead atoms. The predicted octanol–water partition coefficient (Wildman–Crippen LogP) is 3.88. The molecule has 1 amide bonds. The van der Waals surface area contributed by atoms with Crippen LogP contribution in [-0.2, 0) is 4.79 Å². The molecule has 2 heterocycles. The molecule has 6 nitrogen and oxygen atoms in total. The van der Waals surface area contributed by atoms with Crippen LogP contribution in [0.2, 0.25) is 0 Å². The lowest BCUT2D eigenvalue weighted by Crippen LogP contribution is -2.31. The number of alkyl halides is 2. The lowest BCUT2D eigenvalue weighted by Gasteiger charge is -2.26. The predicted molar refractivity (Wildman–Crippen MR) is 98.8 cm³/mol. The van der Waals surface area contributed by atoms with Crippen molar-refractivity contribution in [2.45, 2.75) is 38.7 Å². The van der Waals surface area contributed by atoms with Crippen LogP contribution in [0.4, 0.5) is 14.7 Å². The van der Waals surface area contributed by atoms with Crippen LogP contribution >= 0.6 is 0 Å². The van der Waals surface area contributed by atoms with Gasteiger partial charge in [0, 0.05) is 6.42 Å². The summed E-state index contributed by atoms with van der Waals surface area (Å²) in [6.45, 7) is 0.359. The molecule has 0 saturated carbocycles. The maximum absolute atomic E-state index is 12.2. The van der Waals surface area contributed by atoms with Crippen LogP contribution < -0.4 is 10.1 Å². The molecule has 0 aliphatic carbocycles. The van der Waals surface area contributed by atoms with Gasteiger partial charge >= 0.3 is 6.61 Å². The number of benzene rings is 1. The van der Waals surface area contributed by atoms with E-state index in [0.29, 0.717) is 18.1 Å². The number of piperidine rings is 1. The number of carbonyl (C=O) groups is 1. The summed E-state index contributed by atoms with van der Waals surface area (Å²) < 4.78 is 28.7. The quantitative estimate of drug-likeness (QED) is 0.731. The van der Waals surface area contributed by atoms with Crippen LogP contribution in [-0.4, -0.2) is 47.0 Å². The molecule has 146 valence electrons. The third-order valence-electron chi connectivity index (χ3n) is 4.55. The van der Waals surface area contributed by atoms with Gasteiger partial charge in [0.1, 0.15) is 5.75 Å². The highest BCUT2D eigenvalue weighted by atomic mass is 19.3. The molecule has 0 unspecified atom stereocenters. The zero-order valence-electron chi connectivity index (χ0n) is 15.1. The standard InChI is InChI=1S/C19H24F2N4O2/c20-18(21)27-15-8-6-14(7-9-15)16-13-22-19(23-16)24-17(26)5-4-12-25-10-2-1-3-11-25/h6-9,13,18H,1-5,10-12H2,(H2,22,23,24,26). The molecular weight excluding hydrogens is 354 g/mol. The van der Waals surface area contributed by atoms with Crippen LogP contribution in [0.5, 0.6) is 5.75 Å². The SMILES string of the molecule is O=C(CCCN1CCCCC1)Nc1ncc(-c2ccc(OC(F)F)cc2)[nH]1. The fraction of sp³-hybridized carbons (Fsp3) is 0.474. The first kappa shape index (κ1) is 19.3. The normalized spacial score (nSPS) is 15.1. The topological polar surface area (TPSA) is 70.2 Å². The third-order valence-corrected chi connectivity index (χ3v) is 4.55. The van der Waals surface area contributed by atoms with E-state index in [2.05, 4.69) is 24.9 Å². The smallest absolute Gasteiger partial charge is 0.387 e. The zero-order valence-corrected chi connectivity index (χ0v) is 15.1. The van der Waals surface area contributed by atoms with Gasteiger partial charge in [-0.2, -0.15) is 8.78 Å². The first-order valence-corrected chi connectivity index (χ1v) is 9.22. The molecule has 1 aromatic heterocycles. The molecule has 3 rings (SSSR count). The van der Waals surface area contributed by atoms with Crippen molar-refractivity contribution in [1.82, 2.24) is 14.9 Å². The fourth-order valence-corrected chi connectivity index (χ4v) is 3.19. The molecule has 2 aromatic rings. The van der Waals surface area contributed by atoms with Gasteiger partial charge in [0.2, 0.25) is 11.9 Å². The summed E-state index contributed by atoms with van der Waals surface area (Å²) in [5.41, 5.74) is 1.44. The van der Waals surface area contributed by atoms with Crippen LogP contribution in [0.25, 0.3) is 11.3 Å². The molecule has 0 radical (unpaired) electrons. The summed E-state index contributed by atoms with van der Waals surface area (Å²) in [6, 6.07) is 6.22. The highest BCUT2D eigenvalue weighted by molar-refractivity contribution is 5.89. The van der Waals surface area contributed by atoms with Crippen molar-refractivity contribution in [3.05, 3.63) is 30.5 Å². The van der Waals surface area contributed by atoms with Gasteiger partial charge in [-0.05, 0) is 68.7 Å². The largest absolute Gasteiger partial charge is 0.435 e. The van der Waals surface area contributed by atoms with E-state index in [9.17, 15) is 13.6 Å². The Bertz CT molecular complexity index is 728. The Morgan fingerprint density at radius 3 is 2.67 bits per heavy atom. The number of hydrogen-bond acceptors (Lipinski definition) is 4. The highest BCUT2D eigenvalue weighted by Gasteiger charge is 2.12. The average Bonchev–Trinajstić information content (AvgIpc) is 3.11. The molecule has 27 heavy (non-hydrogen) atoms. The van der Waals surface area contributed by atoms with Gasteiger partial charge in [-0.15, -0.1) is 0 Å². The molecule has 0 spiro atoms. The number of nitrogens with one attached hydrogen (secondary N) is 2. The van der Waals surface area contributed by atoms with Crippen molar-refractivity contribution in [3.8, 4) is 17.0 Å². The molecule has 0 atom stereocenters. The third kappa shape index (κ3) is 6.02. The van der Waals surface area contributed by atoms with Crippen molar-refractivity contribution in [2.24, 2.45) is 0 Å². The number of ether oxygens (including phenoxy) is 1. The van der Waals surface area contributed by atoms with E-state index in [0.717, 1.165) is 31.6 Å². The number of aromatic amines is 1. The van der Waals surface area contributed by atoms with E-state index >= 15 is 0 Å². The first-order chi connectivity index (χ1) is 13.1. The number of rotatable bonds is 8. The van der Waals surface area contributed by atoms with E-state index in [1.54, 1.807) is 18.3 Å². The van der Waals surface area contributed by atoms with Gasteiger partial charge in [-0.3, -0.25) is 10.1 Å². The minimum atomic E-state index is -2.85. The van der Waals surface area contributed by atoms with E-state index < -0.39 is 6.61 Å². The Labute approximate surface area is 156 Å². The maximum Gasteiger partial charge on any atom is 0.387 e. The fourth-order valence-electron chi connectivity index (χ4n) is 3.19. The van der Waals surface area contributed by atoms with Crippen molar-refractivity contribution in [3.63, 3.8) is 0 Å². The van der Waals surface area contributed by atoms with Gasteiger partial charge in [0.15, 0.2) is 0 Å². The second-order valence-corrected chi connectivity index (χ2v) is 6.60. The van der Waals surface area contributed by atoms with Gasteiger partial charge in [0.25, 0.3) is 0 Å². The van der Waals surface area contributed by atoms with Gasteiger partial charge in [-0.1, -0.05) is 6.42 Å². The molecule has 2 N–H and O–H groups in total. The zero-order chi connectivity index (χ0) is 19.1. The van der Waals surface area contributed by atoms with Crippen LogP contribution in [0, 0.1) is 0 Å². The Balaban J connectivity index is 1.46. The number of nitrogens with zero attached hydrogens (tertiary/aromatic N) is 2. The van der Waals surface area contributed by atoms with Crippen molar-refractivity contribution >= 4 is 11.9 Å². The Morgan fingerprint density at radius 1 is 1.22 bits per heavy atom. The number of carbonyl (C=O) groups excluding carboxylic acids is 1. The number of amides is 1. The Hall–Kier alpha value is -2.48.